The summed E-state index contributed by atoms with van der Waals surface area (Å²) in [5, 5.41) is 13.8. The summed E-state index contributed by atoms with van der Waals surface area (Å²) >= 11 is 0. The van der Waals surface area contributed by atoms with Crippen LogP contribution in [0.15, 0.2) is 60.7 Å². The lowest BCUT2D eigenvalue weighted by atomic mass is 9.85. The lowest BCUT2D eigenvalue weighted by Gasteiger charge is -2.27. The summed E-state index contributed by atoms with van der Waals surface area (Å²) in [5.74, 6) is -1.72. The lowest BCUT2D eigenvalue weighted by molar-refractivity contribution is -0.384. The first-order valence-electron chi connectivity index (χ1n) is 11.0. The van der Waals surface area contributed by atoms with Crippen LogP contribution in [0.3, 0.4) is 0 Å². The molecule has 5 atom stereocenters. The van der Waals surface area contributed by atoms with Crippen molar-refractivity contribution < 1.29 is 19.3 Å². The molecule has 0 radical (unpaired) electrons. The minimum Gasteiger partial charge on any atom is -0.324 e. The van der Waals surface area contributed by atoms with E-state index in [1.165, 1.54) is 23.1 Å². The molecule has 5 unspecified atom stereocenters. The summed E-state index contributed by atoms with van der Waals surface area (Å²) < 4.78 is 0. The van der Waals surface area contributed by atoms with Crippen molar-refractivity contribution in [3.63, 3.8) is 0 Å². The van der Waals surface area contributed by atoms with Crippen LogP contribution in [0.2, 0.25) is 0 Å². The molecule has 0 spiro atoms. The van der Waals surface area contributed by atoms with Gasteiger partial charge in [0.15, 0.2) is 0 Å². The average molecular weight is 445 g/mol. The number of aryl methyl sites for hydroxylation is 1. The van der Waals surface area contributed by atoms with Crippen LogP contribution in [-0.2, 0) is 20.8 Å². The van der Waals surface area contributed by atoms with E-state index >= 15 is 0 Å². The number of carbonyl (C=O) groups excluding carboxylic acids is 3. The summed E-state index contributed by atoms with van der Waals surface area (Å²) in [6.07, 6.45) is 5.05. The zero-order valence-corrected chi connectivity index (χ0v) is 18.0. The molecule has 2 bridgehead atoms. The third-order valence-corrected chi connectivity index (χ3v) is 7.07. The van der Waals surface area contributed by atoms with E-state index in [2.05, 4.69) is 5.32 Å². The van der Waals surface area contributed by atoms with E-state index in [1.54, 1.807) is 6.92 Å². The van der Waals surface area contributed by atoms with Gasteiger partial charge in [0.2, 0.25) is 17.7 Å². The predicted octanol–water partition coefficient (Wildman–Crippen LogP) is 3.26. The van der Waals surface area contributed by atoms with E-state index in [1.807, 2.05) is 42.5 Å². The molecule has 8 heteroatoms. The number of non-ortho nitro benzene ring substituents is 1. The van der Waals surface area contributed by atoms with E-state index in [4.69, 9.17) is 0 Å². The molecule has 2 aliphatic carbocycles. The van der Waals surface area contributed by atoms with E-state index in [0.29, 0.717) is 11.3 Å². The molecule has 1 saturated carbocycles. The van der Waals surface area contributed by atoms with Crippen LogP contribution in [0.25, 0.3) is 0 Å². The quantitative estimate of drug-likeness (QED) is 0.318. The maximum absolute atomic E-state index is 13.5. The Morgan fingerprint density at radius 1 is 1.09 bits per heavy atom. The molecule has 33 heavy (non-hydrogen) atoms. The average Bonchev–Trinajstić information content (AvgIpc) is 3.48. The second-order valence-corrected chi connectivity index (χ2v) is 9.00. The number of nitrogens with zero attached hydrogens (tertiary/aromatic N) is 2. The van der Waals surface area contributed by atoms with Gasteiger partial charge in [-0.05, 0) is 42.4 Å². The van der Waals surface area contributed by atoms with Crippen LogP contribution in [0.5, 0.6) is 0 Å². The van der Waals surface area contributed by atoms with Crippen molar-refractivity contribution >= 4 is 29.1 Å². The minimum absolute atomic E-state index is 0.0544. The van der Waals surface area contributed by atoms with Crippen LogP contribution in [0, 0.1) is 40.7 Å². The van der Waals surface area contributed by atoms with Gasteiger partial charge in [-0.3, -0.25) is 29.4 Å². The molecule has 1 saturated heterocycles. The van der Waals surface area contributed by atoms with E-state index in [9.17, 15) is 24.5 Å². The first-order chi connectivity index (χ1) is 15.8. The van der Waals surface area contributed by atoms with Crippen LogP contribution in [-0.4, -0.2) is 33.6 Å². The molecule has 1 N–H and O–H groups in total. The highest BCUT2D eigenvalue weighted by molar-refractivity contribution is 6.11. The number of imide groups is 1. The first-order valence-corrected chi connectivity index (χ1v) is 11.0. The molecule has 3 aliphatic rings. The summed E-state index contributed by atoms with van der Waals surface area (Å²) in [6, 6.07) is 12.4. The molecule has 2 fully saturated rings. The van der Waals surface area contributed by atoms with Gasteiger partial charge in [-0.15, -0.1) is 0 Å². The van der Waals surface area contributed by atoms with Gasteiger partial charge in [-0.2, -0.15) is 0 Å². The standard InChI is InChI=1S/C25H23N3O5/c1-14-11-18(28(32)33)9-10-19(14)26-23(29)20(12-15-5-3-2-4-6-15)27-24(30)21-16-7-8-17(13-16)22(21)25(27)31/h2-11,16-17,20-22H,12-13H2,1H3,(H,26,29). The molecule has 5 rings (SSSR count). The molecule has 2 aromatic carbocycles. The van der Waals surface area contributed by atoms with Gasteiger partial charge in [0.05, 0.1) is 16.8 Å². The largest absolute Gasteiger partial charge is 0.324 e. The number of fused-ring (bicyclic) bond motifs is 5. The number of amides is 3. The van der Waals surface area contributed by atoms with Crippen LogP contribution >= 0.6 is 0 Å². The SMILES string of the molecule is Cc1cc([N+](=O)[O-])ccc1NC(=O)C(Cc1ccccc1)N1C(=O)C2C3C=CC(C3)C2C1=O. The van der Waals surface area contributed by atoms with Crippen molar-refractivity contribution in [2.24, 2.45) is 23.7 Å². The second kappa shape index (κ2) is 7.95. The number of nitro groups is 1. The number of anilines is 1. The van der Waals surface area contributed by atoms with Gasteiger partial charge in [-0.1, -0.05) is 42.5 Å². The van der Waals surface area contributed by atoms with Crippen molar-refractivity contribution in [3.8, 4) is 0 Å². The normalized spacial score (nSPS) is 25.9. The van der Waals surface area contributed by atoms with Crippen molar-refractivity contribution in [2.45, 2.75) is 25.8 Å². The third-order valence-electron chi connectivity index (χ3n) is 7.07. The van der Waals surface area contributed by atoms with E-state index < -0.39 is 16.9 Å². The van der Waals surface area contributed by atoms with Crippen LogP contribution in [0.1, 0.15) is 17.5 Å². The Balaban J connectivity index is 1.45. The second-order valence-electron chi connectivity index (χ2n) is 9.00. The molecule has 0 aromatic heterocycles. The lowest BCUT2D eigenvalue weighted by Crippen LogP contribution is -2.49. The number of likely N-dealkylation sites (tertiary alicyclic amines) is 1. The number of nitro benzene ring substituents is 1. The Morgan fingerprint density at radius 2 is 1.73 bits per heavy atom. The van der Waals surface area contributed by atoms with Gasteiger partial charge in [-0.25, -0.2) is 0 Å². The Labute approximate surface area is 190 Å². The van der Waals surface area contributed by atoms with Gasteiger partial charge in [0.1, 0.15) is 6.04 Å². The third kappa shape index (κ3) is 3.51. The number of hydrogen-bond donors (Lipinski definition) is 1. The topological polar surface area (TPSA) is 110 Å². The number of hydrogen-bond acceptors (Lipinski definition) is 5. The Morgan fingerprint density at radius 3 is 2.30 bits per heavy atom. The van der Waals surface area contributed by atoms with Crippen molar-refractivity contribution in [2.75, 3.05) is 5.32 Å². The molecule has 2 aromatic rings. The van der Waals surface area contributed by atoms with Gasteiger partial charge >= 0.3 is 0 Å². The molecule has 1 aliphatic heterocycles. The highest BCUT2D eigenvalue weighted by Gasteiger charge is 2.61. The van der Waals surface area contributed by atoms with Crippen LogP contribution < -0.4 is 5.32 Å². The molecule has 168 valence electrons. The fourth-order valence-electron chi connectivity index (χ4n) is 5.49. The maximum Gasteiger partial charge on any atom is 0.269 e. The van der Waals surface area contributed by atoms with Gasteiger partial charge in [0.25, 0.3) is 5.69 Å². The minimum atomic E-state index is -1.01. The Bertz CT molecular complexity index is 1160. The van der Waals surface area contributed by atoms with Crippen molar-refractivity contribution in [1.29, 1.82) is 0 Å². The van der Waals surface area contributed by atoms with Gasteiger partial charge in [0, 0.05) is 24.2 Å². The Hall–Kier alpha value is -3.81. The molecule has 3 amide bonds. The van der Waals surface area contributed by atoms with Crippen molar-refractivity contribution in [1.82, 2.24) is 4.90 Å². The molecular weight excluding hydrogens is 422 g/mol. The first kappa shape index (κ1) is 21.1. The Kier molecular flexibility index (Phi) is 5.08. The highest BCUT2D eigenvalue weighted by atomic mass is 16.6. The smallest absolute Gasteiger partial charge is 0.269 e. The fourth-order valence-corrected chi connectivity index (χ4v) is 5.49. The number of allylic oxidation sites excluding steroid dienone is 2. The number of nitrogens with one attached hydrogen (secondary N) is 1. The predicted molar refractivity (Wildman–Crippen MR) is 120 cm³/mol. The number of benzene rings is 2. The van der Waals surface area contributed by atoms with Crippen molar-refractivity contribution in [3.05, 3.63) is 81.9 Å². The summed E-state index contributed by atoms with van der Waals surface area (Å²) in [4.78, 5) is 51.9. The molecule has 1 heterocycles. The number of carbonyl (C=O) groups is 3. The highest BCUT2D eigenvalue weighted by Crippen LogP contribution is 2.53. The zero-order chi connectivity index (χ0) is 23.3. The zero-order valence-electron chi connectivity index (χ0n) is 18.0. The maximum atomic E-state index is 13.5. The molecule has 8 nitrogen and oxygen atoms in total. The van der Waals surface area contributed by atoms with E-state index in [0.717, 1.165) is 12.0 Å². The number of rotatable bonds is 6. The summed E-state index contributed by atoms with van der Waals surface area (Å²) in [6.45, 7) is 1.66. The van der Waals surface area contributed by atoms with Gasteiger partial charge < -0.3 is 5.32 Å². The van der Waals surface area contributed by atoms with Crippen LogP contribution in [0.4, 0.5) is 11.4 Å². The van der Waals surface area contributed by atoms with E-state index in [-0.39, 0.29) is 47.6 Å². The molecular formula is C25H23N3O5. The monoisotopic (exact) mass is 445 g/mol. The summed E-state index contributed by atoms with van der Waals surface area (Å²) in [7, 11) is 0. The fraction of sp³-hybridized carbons (Fsp3) is 0.320. The summed E-state index contributed by atoms with van der Waals surface area (Å²) in [5.41, 5.74) is 1.68.